The fourth-order valence-electron chi connectivity index (χ4n) is 2.42. The Kier molecular flexibility index (Phi) is 4.61. The summed E-state index contributed by atoms with van der Waals surface area (Å²) in [6.45, 7) is 4.97. The summed E-state index contributed by atoms with van der Waals surface area (Å²) < 4.78 is 1.66. The molecule has 20 heavy (non-hydrogen) atoms. The highest BCUT2D eigenvalue weighted by Gasteiger charge is 2.13. The van der Waals surface area contributed by atoms with Crippen molar-refractivity contribution < 1.29 is 4.79 Å². The van der Waals surface area contributed by atoms with Gasteiger partial charge in [0.15, 0.2) is 0 Å². The van der Waals surface area contributed by atoms with Crippen molar-refractivity contribution in [1.29, 1.82) is 0 Å². The lowest BCUT2D eigenvalue weighted by Crippen LogP contribution is -2.34. The Morgan fingerprint density at radius 1 is 1.30 bits per heavy atom. The van der Waals surface area contributed by atoms with E-state index in [1.54, 1.807) is 4.57 Å². The molecule has 2 N–H and O–H groups in total. The minimum Gasteiger partial charge on any atom is -0.354 e. The van der Waals surface area contributed by atoms with Gasteiger partial charge in [0.1, 0.15) is 0 Å². The molecule has 1 amide bonds. The SMILES string of the molecule is CCC(CC)C(=O)NCCn1c(=O)[nH]c2ccccc21. The summed E-state index contributed by atoms with van der Waals surface area (Å²) in [4.78, 5) is 26.5. The Labute approximate surface area is 118 Å². The average Bonchev–Trinajstić information content (AvgIpc) is 2.76. The summed E-state index contributed by atoms with van der Waals surface area (Å²) in [5.41, 5.74) is 1.56. The molecule has 1 aromatic heterocycles. The Morgan fingerprint density at radius 3 is 2.70 bits per heavy atom. The molecule has 0 radical (unpaired) electrons. The molecule has 0 fully saturated rings. The Balaban J connectivity index is 2.01. The van der Waals surface area contributed by atoms with E-state index in [4.69, 9.17) is 0 Å². The van der Waals surface area contributed by atoms with Crippen LogP contribution in [0.25, 0.3) is 11.0 Å². The summed E-state index contributed by atoms with van der Waals surface area (Å²) in [6.07, 6.45) is 1.69. The first-order valence-electron chi connectivity index (χ1n) is 7.12. The van der Waals surface area contributed by atoms with Crippen LogP contribution in [0.3, 0.4) is 0 Å². The minimum absolute atomic E-state index is 0.0645. The topological polar surface area (TPSA) is 66.9 Å². The average molecular weight is 275 g/mol. The number of amides is 1. The van der Waals surface area contributed by atoms with Gasteiger partial charge in [-0.15, -0.1) is 0 Å². The Bertz CT molecular complexity index is 638. The lowest BCUT2D eigenvalue weighted by atomic mass is 10.0. The third-order valence-corrected chi connectivity index (χ3v) is 3.67. The van der Waals surface area contributed by atoms with Crippen LogP contribution in [0.15, 0.2) is 29.1 Å². The molecule has 2 aromatic rings. The second-order valence-corrected chi connectivity index (χ2v) is 4.90. The molecule has 5 nitrogen and oxygen atoms in total. The molecule has 0 spiro atoms. The highest BCUT2D eigenvalue weighted by Crippen LogP contribution is 2.09. The first kappa shape index (κ1) is 14.4. The summed E-state index contributed by atoms with van der Waals surface area (Å²) in [6, 6.07) is 7.55. The summed E-state index contributed by atoms with van der Waals surface area (Å²) in [5, 5.41) is 2.90. The lowest BCUT2D eigenvalue weighted by molar-refractivity contribution is -0.125. The zero-order valence-electron chi connectivity index (χ0n) is 12.0. The van der Waals surface area contributed by atoms with Gasteiger partial charge in [0.25, 0.3) is 0 Å². The van der Waals surface area contributed by atoms with E-state index in [9.17, 15) is 9.59 Å². The number of nitrogens with one attached hydrogen (secondary N) is 2. The number of carbonyl (C=O) groups excluding carboxylic acids is 1. The van der Waals surface area contributed by atoms with Crippen molar-refractivity contribution in [3.8, 4) is 0 Å². The molecular weight excluding hydrogens is 254 g/mol. The number of fused-ring (bicyclic) bond motifs is 1. The smallest absolute Gasteiger partial charge is 0.326 e. The number of nitrogens with zero attached hydrogens (tertiary/aromatic N) is 1. The van der Waals surface area contributed by atoms with E-state index in [0.717, 1.165) is 23.9 Å². The number of H-pyrrole nitrogens is 1. The number of aromatic amines is 1. The van der Waals surface area contributed by atoms with E-state index >= 15 is 0 Å². The van der Waals surface area contributed by atoms with Gasteiger partial charge in [0.05, 0.1) is 11.0 Å². The van der Waals surface area contributed by atoms with Crippen LogP contribution in [0.1, 0.15) is 26.7 Å². The second-order valence-electron chi connectivity index (χ2n) is 4.90. The van der Waals surface area contributed by atoms with Crippen molar-refractivity contribution in [2.24, 2.45) is 5.92 Å². The maximum atomic E-state index is 11.9. The van der Waals surface area contributed by atoms with Crippen LogP contribution in [0.2, 0.25) is 0 Å². The Morgan fingerprint density at radius 2 is 2.00 bits per heavy atom. The largest absolute Gasteiger partial charge is 0.354 e. The first-order valence-corrected chi connectivity index (χ1v) is 7.12. The number of benzene rings is 1. The maximum absolute atomic E-state index is 11.9. The number of carbonyl (C=O) groups is 1. The highest BCUT2D eigenvalue weighted by atomic mass is 16.2. The van der Waals surface area contributed by atoms with E-state index in [2.05, 4.69) is 10.3 Å². The van der Waals surface area contributed by atoms with Crippen molar-refractivity contribution in [2.75, 3.05) is 6.54 Å². The molecule has 1 aromatic carbocycles. The third-order valence-electron chi connectivity index (χ3n) is 3.67. The van der Waals surface area contributed by atoms with Gasteiger partial charge in [0, 0.05) is 19.0 Å². The van der Waals surface area contributed by atoms with Crippen LogP contribution in [0.4, 0.5) is 0 Å². The van der Waals surface area contributed by atoms with Crippen molar-refractivity contribution in [2.45, 2.75) is 33.2 Å². The molecule has 0 aliphatic carbocycles. The normalized spacial score (nSPS) is 11.2. The lowest BCUT2D eigenvalue weighted by Gasteiger charge is -2.12. The molecule has 108 valence electrons. The van der Waals surface area contributed by atoms with Gasteiger partial charge in [-0.25, -0.2) is 4.79 Å². The number of hydrogen-bond acceptors (Lipinski definition) is 2. The number of aromatic nitrogens is 2. The highest BCUT2D eigenvalue weighted by molar-refractivity contribution is 5.78. The van der Waals surface area contributed by atoms with Gasteiger partial charge in [-0.2, -0.15) is 0 Å². The van der Waals surface area contributed by atoms with Crippen molar-refractivity contribution in [3.05, 3.63) is 34.7 Å². The summed E-state index contributed by atoms with van der Waals surface area (Å²) >= 11 is 0. The summed E-state index contributed by atoms with van der Waals surface area (Å²) in [7, 11) is 0. The molecule has 1 heterocycles. The van der Waals surface area contributed by atoms with Gasteiger partial charge in [-0.05, 0) is 25.0 Å². The second kappa shape index (κ2) is 6.41. The molecule has 0 saturated heterocycles. The van der Waals surface area contributed by atoms with Gasteiger partial charge < -0.3 is 10.3 Å². The van der Waals surface area contributed by atoms with Crippen LogP contribution < -0.4 is 11.0 Å². The zero-order valence-corrected chi connectivity index (χ0v) is 12.0. The van der Waals surface area contributed by atoms with Crippen molar-refractivity contribution >= 4 is 16.9 Å². The maximum Gasteiger partial charge on any atom is 0.326 e. The number of para-hydroxylation sites is 2. The van der Waals surface area contributed by atoms with Gasteiger partial charge in [0.2, 0.25) is 5.91 Å². The quantitative estimate of drug-likeness (QED) is 0.845. The molecule has 0 aliphatic rings. The fourth-order valence-corrected chi connectivity index (χ4v) is 2.42. The van der Waals surface area contributed by atoms with E-state index in [-0.39, 0.29) is 17.5 Å². The van der Waals surface area contributed by atoms with Crippen LogP contribution in [-0.2, 0) is 11.3 Å². The molecule has 2 rings (SSSR count). The molecular formula is C15H21N3O2. The van der Waals surface area contributed by atoms with Crippen LogP contribution in [0, 0.1) is 5.92 Å². The summed E-state index contributed by atoms with van der Waals surface area (Å²) in [5.74, 6) is 0.137. The Hall–Kier alpha value is -2.04. The minimum atomic E-state index is -0.136. The number of hydrogen-bond donors (Lipinski definition) is 2. The van der Waals surface area contributed by atoms with Crippen molar-refractivity contribution in [3.63, 3.8) is 0 Å². The monoisotopic (exact) mass is 275 g/mol. The molecule has 0 bridgehead atoms. The third kappa shape index (κ3) is 2.92. The standard InChI is InChI=1S/C15H21N3O2/c1-3-11(4-2)14(19)16-9-10-18-13-8-6-5-7-12(13)17-15(18)20/h5-8,11H,3-4,9-10H2,1-2H3,(H,16,19)(H,17,20). The molecule has 0 unspecified atom stereocenters. The molecule has 0 saturated carbocycles. The number of imidazole rings is 1. The number of rotatable bonds is 6. The van der Waals surface area contributed by atoms with Gasteiger partial charge in [-0.1, -0.05) is 26.0 Å². The van der Waals surface area contributed by atoms with E-state index < -0.39 is 0 Å². The van der Waals surface area contributed by atoms with Crippen LogP contribution in [0.5, 0.6) is 0 Å². The predicted molar refractivity (Wildman–Crippen MR) is 79.6 cm³/mol. The molecule has 0 aliphatic heterocycles. The zero-order chi connectivity index (χ0) is 14.5. The molecule has 0 atom stereocenters. The van der Waals surface area contributed by atoms with Crippen LogP contribution >= 0.6 is 0 Å². The van der Waals surface area contributed by atoms with Gasteiger partial charge >= 0.3 is 5.69 Å². The van der Waals surface area contributed by atoms with Crippen molar-refractivity contribution in [1.82, 2.24) is 14.9 Å². The van der Waals surface area contributed by atoms with Gasteiger partial charge in [-0.3, -0.25) is 9.36 Å². The first-order chi connectivity index (χ1) is 9.67. The van der Waals surface area contributed by atoms with E-state index in [1.165, 1.54) is 0 Å². The molecule has 5 heteroatoms. The van der Waals surface area contributed by atoms with E-state index in [0.29, 0.717) is 13.1 Å². The fraction of sp³-hybridized carbons (Fsp3) is 0.467. The van der Waals surface area contributed by atoms with E-state index in [1.807, 2.05) is 38.1 Å². The van der Waals surface area contributed by atoms with Crippen LogP contribution in [-0.4, -0.2) is 22.0 Å². The predicted octanol–water partition coefficient (Wildman–Crippen LogP) is 1.88.